The Morgan fingerprint density at radius 2 is 2.00 bits per heavy atom. The smallest absolute Gasteiger partial charge is 0.322 e. The molecule has 0 saturated heterocycles. The highest BCUT2D eigenvalue weighted by Gasteiger charge is 2.23. The Balaban J connectivity index is 1.50. The van der Waals surface area contributed by atoms with Gasteiger partial charge in [0.2, 0.25) is 6.79 Å². The van der Waals surface area contributed by atoms with Crippen LogP contribution in [0.25, 0.3) is 21.5 Å². The summed E-state index contributed by atoms with van der Waals surface area (Å²) in [6.45, 7) is 4.55. The molecule has 0 saturated carbocycles. The number of urea groups is 1. The molecule has 1 aliphatic heterocycles. The Morgan fingerprint density at radius 3 is 2.79 bits per heavy atom. The molecular formula is C26H27N3O4S. The SMILES string of the molecule is CCn1c(-c2cccs2)c(CN(CCOC)C(=O)Nc2ccc3c(c2)OCO3)c2ccccc21. The van der Waals surface area contributed by atoms with E-state index in [2.05, 4.69) is 58.6 Å². The second-order valence-electron chi connectivity index (χ2n) is 7.98. The summed E-state index contributed by atoms with van der Waals surface area (Å²) in [5, 5.41) is 6.26. The van der Waals surface area contributed by atoms with Crippen molar-refractivity contribution in [1.82, 2.24) is 9.47 Å². The van der Waals surface area contributed by atoms with Gasteiger partial charge < -0.3 is 29.0 Å². The summed E-state index contributed by atoms with van der Waals surface area (Å²) in [5.74, 6) is 1.31. The van der Waals surface area contributed by atoms with E-state index in [1.807, 2.05) is 6.07 Å². The number of para-hydroxylation sites is 1. The lowest BCUT2D eigenvalue weighted by atomic mass is 10.1. The number of fused-ring (bicyclic) bond motifs is 2. The topological polar surface area (TPSA) is 65.0 Å². The van der Waals surface area contributed by atoms with Crippen molar-refractivity contribution in [2.45, 2.75) is 20.0 Å². The zero-order valence-corrected chi connectivity index (χ0v) is 20.1. The van der Waals surface area contributed by atoms with Crippen molar-refractivity contribution < 1.29 is 19.0 Å². The van der Waals surface area contributed by atoms with Crippen molar-refractivity contribution >= 4 is 34.0 Å². The highest BCUT2D eigenvalue weighted by atomic mass is 32.1. The number of anilines is 1. The number of nitrogens with zero attached hydrogens (tertiary/aromatic N) is 2. The van der Waals surface area contributed by atoms with Crippen LogP contribution in [0.1, 0.15) is 12.5 Å². The first-order chi connectivity index (χ1) is 16.7. The molecule has 34 heavy (non-hydrogen) atoms. The second-order valence-corrected chi connectivity index (χ2v) is 8.93. The summed E-state index contributed by atoms with van der Waals surface area (Å²) in [5.41, 5.74) is 4.13. The monoisotopic (exact) mass is 477 g/mol. The van der Waals surface area contributed by atoms with Crippen LogP contribution in [0.5, 0.6) is 11.5 Å². The third-order valence-corrected chi connectivity index (χ3v) is 6.85. The van der Waals surface area contributed by atoms with Crippen LogP contribution in [-0.4, -0.2) is 42.6 Å². The number of hydrogen-bond acceptors (Lipinski definition) is 5. The fourth-order valence-electron chi connectivity index (χ4n) is 4.38. The fourth-order valence-corrected chi connectivity index (χ4v) is 5.19. The van der Waals surface area contributed by atoms with Crippen LogP contribution in [-0.2, 0) is 17.8 Å². The maximum absolute atomic E-state index is 13.4. The molecule has 0 fully saturated rings. The molecule has 0 bridgehead atoms. The van der Waals surface area contributed by atoms with Crippen molar-refractivity contribution in [3.8, 4) is 22.1 Å². The summed E-state index contributed by atoms with van der Waals surface area (Å²) in [4.78, 5) is 16.4. The second kappa shape index (κ2) is 9.79. The molecule has 0 atom stereocenters. The molecule has 1 N–H and O–H groups in total. The summed E-state index contributed by atoms with van der Waals surface area (Å²) in [6, 6.07) is 17.8. The molecule has 0 aliphatic carbocycles. The van der Waals surface area contributed by atoms with Gasteiger partial charge in [0.1, 0.15) is 0 Å². The first-order valence-corrected chi connectivity index (χ1v) is 12.2. The van der Waals surface area contributed by atoms with Gasteiger partial charge in [-0.15, -0.1) is 11.3 Å². The van der Waals surface area contributed by atoms with Crippen LogP contribution < -0.4 is 14.8 Å². The average Bonchev–Trinajstić information content (AvgIpc) is 3.60. The number of amides is 2. The molecule has 1 aliphatic rings. The fraction of sp³-hybridized carbons (Fsp3) is 0.269. The van der Waals surface area contributed by atoms with Crippen LogP contribution in [0, 0.1) is 0 Å². The van der Waals surface area contributed by atoms with Gasteiger partial charge in [0.15, 0.2) is 11.5 Å². The molecule has 2 aromatic heterocycles. The van der Waals surface area contributed by atoms with Crippen molar-refractivity contribution in [2.75, 3.05) is 32.4 Å². The van der Waals surface area contributed by atoms with E-state index in [-0.39, 0.29) is 12.8 Å². The Bertz CT molecular complexity index is 1300. The Morgan fingerprint density at radius 1 is 1.15 bits per heavy atom. The molecule has 0 radical (unpaired) electrons. The van der Waals surface area contributed by atoms with Gasteiger partial charge in [-0.25, -0.2) is 4.79 Å². The first-order valence-electron chi connectivity index (χ1n) is 11.3. The molecule has 0 unspecified atom stereocenters. The molecule has 5 rings (SSSR count). The molecule has 4 aromatic rings. The molecule has 7 nitrogen and oxygen atoms in total. The highest BCUT2D eigenvalue weighted by Crippen LogP contribution is 2.37. The number of nitrogens with one attached hydrogen (secondary N) is 1. The number of ether oxygens (including phenoxy) is 3. The third kappa shape index (κ3) is 4.22. The molecule has 2 amide bonds. The summed E-state index contributed by atoms with van der Waals surface area (Å²) in [6.07, 6.45) is 0. The summed E-state index contributed by atoms with van der Waals surface area (Å²) in [7, 11) is 1.65. The minimum atomic E-state index is -0.193. The van der Waals surface area contributed by atoms with E-state index in [0.29, 0.717) is 36.9 Å². The quantitative estimate of drug-likeness (QED) is 0.348. The lowest BCUT2D eigenvalue weighted by molar-refractivity contribution is 0.153. The Kier molecular flexibility index (Phi) is 6.42. The maximum Gasteiger partial charge on any atom is 0.322 e. The van der Waals surface area contributed by atoms with Crippen molar-refractivity contribution in [3.05, 3.63) is 65.5 Å². The normalized spacial score (nSPS) is 12.3. The minimum Gasteiger partial charge on any atom is -0.454 e. The summed E-state index contributed by atoms with van der Waals surface area (Å²) < 4.78 is 18.5. The van der Waals surface area contributed by atoms with E-state index in [4.69, 9.17) is 14.2 Å². The van der Waals surface area contributed by atoms with E-state index < -0.39 is 0 Å². The average molecular weight is 478 g/mol. The standard InChI is InChI=1S/C26H27N3O4S/c1-3-29-21-8-5-4-7-19(21)20(25(29)24-9-6-14-34-24)16-28(12-13-31-2)26(30)27-18-10-11-22-23(15-18)33-17-32-22/h4-11,14-15H,3,12-13,16-17H2,1-2H3,(H,27,30). The zero-order chi connectivity index (χ0) is 23.5. The van der Waals surface area contributed by atoms with Crippen molar-refractivity contribution in [3.63, 3.8) is 0 Å². The van der Waals surface area contributed by atoms with Crippen LogP contribution in [0.3, 0.4) is 0 Å². The number of aromatic nitrogens is 1. The van der Waals surface area contributed by atoms with E-state index >= 15 is 0 Å². The van der Waals surface area contributed by atoms with Gasteiger partial charge in [0, 0.05) is 48.4 Å². The van der Waals surface area contributed by atoms with E-state index in [0.717, 1.165) is 23.2 Å². The van der Waals surface area contributed by atoms with Gasteiger partial charge in [0.05, 0.1) is 23.7 Å². The zero-order valence-electron chi connectivity index (χ0n) is 19.2. The lowest BCUT2D eigenvalue weighted by Gasteiger charge is -2.24. The Hall–Kier alpha value is -3.49. The van der Waals surface area contributed by atoms with E-state index in [1.54, 1.807) is 35.5 Å². The van der Waals surface area contributed by atoms with Crippen molar-refractivity contribution in [1.29, 1.82) is 0 Å². The van der Waals surface area contributed by atoms with E-state index in [1.165, 1.54) is 10.4 Å². The Labute approximate surface area is 202 Å². The van der Waals surface area contributed by atoms with Gasteiger partial charge in [0.25, 0.3) is 0 Å². The predicted octanol–water partition coefficient (Wildman–Crippen LogP) is 5.80. The number of rotatable bonds is 8. The van der Waals surface area contributed by atoms with Gasteiger partial charge in [-0.1, -0.05) is 24.3 Å². The molecule has 8 heteroatoms. The molecule has 176 valence electrons. The maximum atomic E-state index is 13.4. The van der Waals surface area contributed by atoms with Crippen LogP contribution in [0.4, 0.5) is 10.5 Å². The van der Waals surface area contributed by atoms with Crippen LogP contribution >= 0.6 is 11.3 Å². The number of hydrogen-bond donors (Lipinski definition) is 1. The lowest BCUT2D eigenvalue weighted by Crippen LogP contribution is -2.37. The molecule has 2 aromatic carbocycles. The van der Waals surface area contributed by atoms with Gasteiger partial charge >= 0.3 is 6.03 Å². The minimum absolute atomic E-state index is 0.193. The van der Waals surface area contributed by atoms with Gasteiger partial charge in [-0.2, -0.15) is 0 Å². The molecular weight excluding hydrogens is 450 g/mol. The van der Waals surface area contributed by atoms with Gasteiger partial charge in [-0.3, -0.25) is 0 Å². The number of aryl methyl sites for hydroxylation is 1. The number of methoxy groups -OCH3 is 1. The number of thiophene rings is 1. The third-order valence-electron chi connectivity index (χ3n) is 5.97. The predicted molar refractivity (Wildman–Crippen MR) is 135 cm³/mol. The van der Waals surface area contributed by atoms with Crippen LogP contribution in [0.2, 0.25) is 0 Å². The van der Waals surface area contributed by atoms with Crippen LogP contribution in [0.15, 0.2) is 60.0 Å². The van der Waals surface area contributed by atoms with Crippen molar-refractivity contribution in [2.24, 2.45) is 0 Å². The largest absolute Gasteiger partial charge is 0.454 e. The highest BCUT2D eigenvalue weighted by molar-refractivity contribution is 7.13. The number of carbonyl (C=O) groups excluding carboxylic acids is 1. The first kappa shape index (κ1) is 22.3. The number of benzene rings is 2. The number of carbonyl (C=O) groups is 1. The van der Waals surface area contributed by atoms with E-state index in [9.17, 15) is 4.79 Å². The van der Waals surface area contributed by atoms with Gasteiger partial charge in [-0.05, 0) is 36.6 Å². The summed E-state index contributed by atoms with van der Waals surface area (Å²) >= 11 is 1.71. The molecule has 0 spiro atoms. The molecule has 3 heterocycles.